The Labute approximate surface area is 208 Å². The topological polar surface area (TPSA) is 92.5 Å². The minimum atomic E-state index is -3.74. The van der Waals surface area contributed by atoms with Gasteiger partial charge in [-0.3, -0.25) is 9.10 Å². The first-order valence-electron chi connectivity index (χ1n) is 11.1. The molecule has 5 rings (SSSR count). The lowest BCUT2D eigenvalue weighted by Gasteiger charge is -2.31. The molecule has 0 saturated heterocycles. The summed E-state index contributed by atoms with van der Waals surface area (Å²) < 4.78 is 33.4. The number of carbonyl (C=O) groups excluding carboxylic acids is 1. The van der Waals surface area contributed by atoms with E-state index in [4.69, 9.17) is 16.1 Å². The maximum atomic E-state index is 13.4. The van der Waals surface area contributed by atoms with Gasteiger partial charge in [0.1, 0.15) is 17.0 Å². The zero-order valence-electron chi connectivity index (χ0n) is 18.9. The van der Waals surface area contributed by atoms with Gasteiger partial charge in [0.15, 0.2) is 0 Å². The van der Waals surface area contributed by atoms with Crippen molar-refractivity contribution >= 4 is 38.9 Å². The number of benzene rings is 3. The second-order valence-electron chi connectivity index (χ2n) is 8.23. The summed E-state index contributed by atoms with van der Waals surface area (Å²) in [5.74, 6) is -0.0736. The molecule has 3 aromatic carbocycles. The van der Waals surface area contributed by atoms with Gasteiger partial charge in [0, 0.05) is 17.8 Å². The van der Waals surface area contributed by atoms with E-state index in [1.807, 2.05) is 6.07 Å². The molecule has 0 bridgehead atoms. The largest absolute Gasteiger partial charge is 0.360 e. The van der Waals surface area contributed by atoms with Gasteiger partial charge in [-0.05, 0) is 55.7 Å². The van der Waals surface area contributed by atoms with Crippen LogP contribution >= 0.6 is 11.6 Å². The summed E-state index contributed by atoms with van der Waals surface area (Å²) in [7, 11) is -3.74. The number of carbonyl (C=O) groups is 1. The molecule has 1 aromatic heterocycles. The van der Waals surface area contributed by atoms with Crippen LogP contribution in [0.5, 0.6) is 0 Å². The standard InChI is InChI=1S/C26H22ClN3O4S/c1-17-24(25(29-34-17)21-11-5-6-12-22(21)27)26(31)28-19-14-13-18-8-7-15-30(23(18)16-19)35(32,33)20-9-3-2-4-10-20/h2-6,9-14,16H,7-8,15H2,1H3,(H,28,31). The van der Waals surface area contributed by atoms with Crippen molar-refractivity contribution in [2.24, 2.45) is 0 Å². The van der Waals surface area contributed by atoms with E-state index in [1.54, 1.807) is 73.7 Å². The number of hydrogen-bond acceptors (Lipinski definition) is 5. The summed E-state index contributed by atoms with van der Waals surface area (Å²) in [6, 6.07) is 20.7. The van der Waals surface area contributed by atoms with E-state index in [2.05, 4.69) is 10.5 Å². The second kappa shape index (κ2) is 9.20. The molecule has 1 aliphatic rings. The Kier molecular flexibility index (Phi) is 6.08. The molecule has 0 radical (unpaired) electrons. The number of rotatable bonds is 5. The molecule has 0 unspecified atom stereocenters. The van der Waals surface area contributed by atoms with E-state index >= 15 is 0 Å². The van der Waals surface area contributed by atoms with E-state index in [1.165, 1.54) is 4.31 Å². The highest BCUT2D eigenvalue weighted by Gasteiger charge is 2.30. The van der Waals surface area contributed by atoms with E-state index in [-0.39, 0.29) is 10.5 Å². The summed E-state index contributed by atoms with van der Waals surface area (Å²) in [5.41, 5.74) is 3.13. The molecule has 9 heteroatoms. The highest BCUT2D eigenvalue weighted by Crippen LogP contribution is 2.35. The maximum Gasteiger partial charge on any atom is 0.264 e. The minimum Gasteiger partial charge on any atom is -0.360 e. The van der Waals surface area contributed by atoms with Gasteiger partial charge in [0.25, 0.3) is 15.9 Å². The van der Waals surface area contributed by atoms with Gasteiger partial charge in [-0.1, -0.05) is 59.2 Å². The van der Waals surface area contributed by atoms with Crippen molar-refractivity contribution in [1.29, 1.82) is 0 Å². The van der Waals surface area contributed by atoms with Crippen molar-refractivity contribution in [2.75, 3.05) is 16.2 Å². The van der Waals surface area contributed by atoms with Crippen LogP contribution in [-0.2, 0) is 16.4 Å². The third-order valence-corrected chi connectivity index (χ3v) is 8.13. The number of aryl methyl sites for hydroxylation is 2. The monoisotopic (exact) mass is 507 g/mol. The van der Waals surface area contributed by atoms with Crippen LogP contribution in [0.25, 0.3) is 11.3 Å². The first-order chi connectivity index (χ1) is 16.9. The van der Waals surface area contributed by atoms with Crippen LogP contribution in [0, 0.1) is 6.92 Å². The van der Waals surface area contributed by atoms with Crippen molar-refractivity contribution in [3.05, 3.63) is 94.7 Å². The molecule has 178 valence electrons. The smallest absolute Gasteiger partial charge is 0.264 e. The fourth-order valence-electron chi connectivity index (χ4n) is 4.26. The van der Waals surface area contributed by atoms with Crippen molar-refractivity contribution in [3.63, 3.8) is 0 Å². The van der Waals surface area contributed by atoms with Gasteiger partial charge in [-0.15, -0.1) is 0 Å². The van der Waals surface area contributed by atoms with E-state index in [0.717, 1.165) is 12.0 Å². The van der Waals surface area contributed by atoms with Crippen molar-refractivity contribution < 1.29 is 17.7 Å². The maximum absolute atomic E-state index is 13.4. The molecule has 7 nitrogen and oxygen atoms in total. The lowest BCUT2D eigenvalue weighted by atomic mass is 10.0. The van der Waals surface area contributed by atoms with Crippen LogP contribution in [0.2, 0.25) is 5.02 Å². The molecule has 0 spiro atoms. The van der Waals surface area contributed by atoms with E-state index in [0.29, 0.717) is 46.4 Å². The predicted molar refractivity (Wildman–Crippen MR) is 135 cm³/mol. The summed E-state index contributed by atoms with van der Waals surface area (Å²) in [4.78, 5) is 13.5. The fraction of sp³-hybridized carbons (Fsp3) is 0.154. The Balaban J connectivity index is 1.48. The Hall–Kier alpha value is -3.62. The molecule has 0 fully saturated rings. The zero-order valence-corrected chi connectivity index (χ0v) is 20.4. The number of hydrogen-bond donors (Lipinski definition) is 1. The van der Waals surface area contributed by atoms with Gasteiger partial charge in [-0.25, -0.2) is 8.42 Å². The Morgan fingerprint density at radius 3 is 2.57 bits per heavy atom. The highest BCUT2D eigenvalue weighted by atomic mass is 35.5. The molecule has 0 atom stereocenters. The molecular formula is C26H22ClN3O4S. The van der Waals surface area contributed by atoms with E-state index in [9.17, 15) is 13.2 Å². The number of nitrogens with one attached hydrogen (secondary N) is 1. The van der Waals surface area contributed by atoms with Gasteiger partial charge < -0.3 is 9.84 Å². The molecule has 35 heavy (non-hydrogen) atoms. The van der Waals surface area contributed by atoms with Crippen LogP contribution in [0.3, 0.4) is 0 Å². The van der Waals surface area contributed by atoms with Crippen molar-refractivity contribution in [1.82, 2.24) is 5.16 Å². The molecule has 1 amide bonds. The van der Waals surface area contributed by atoms with Gasteiger partial charge in [0.05, 0.1) is 15.6 Å². The number of aromatic nitrogens is 1. The minimum absolute atomic E-state index is 0.228. The van der Waals surface area contributed by atoms with Gasteiger partial charge in [-0.2, -0.15) is 0 Å². The molecule has 2 heterocycles. The van der Waals surface area contributed by atoms with Crippen LogP contribution in [-0.4, -0.2) is 26.0 Å². The Morgan fingerprint density at radius 1 is 1.06 bits per heavy atom. The average molecular weight is 508 g/mol. The number of nitrogens with zero attached hydrogens (tertiary/aromatic N) is 2. The van der Waals surface area contributed by atoms with Crippen LogP contribution in [0.1, 0.15) is 28.1 Å². The number of fused-ring (bicyclic) bond motifs is 1. The Morgan fingerprint density at radius 2 is 1.80 bits per heavy atom. The lowest BCUT2D eigenvalue weighted by Crippen LogP contribution is -2.35. The lowest BCUT2D eigenvalue weighted by molar-refractivity contribution is 0.102. The third kappa shape index (κ3) is 4.31. The third-order valence-electron chi connectivity index (χ3n) is 5.97. The van der Waals surface area contributed by atoms with Crippen LogP contribution in [0.15, 0.2) is 82.2 Å². The molecule has 0 aliphatic carbocycles. The zero-order chi connectivity index (χ0) is 24.6. The fourth-order valence-corrected chi connectivity index (χ4v) is 6.04. The molecule has 1 aliphatic heterocycles. The van der Waals surface area contributed by atoms with Crippen molar-refractivity contribution in [3.8, 4) is 11.3 Å². The van der Waals surface area contributed by atoms with Crippen LogP contribution < -0.4 is 9.62 Å². The van der Waals surface area contributed by atoms with Crippen molar-refractivity contribution in [2.45, 2.75) is 24.7 Å². The molecule has 0 saturated carbocycles. The highest BCUT2D eigenvalue weighted by molar-refractivity contribution is 7.92. The summed E-state index contributed by atoms with van der Waals surface area (Å²) in [5, 5.41) is 7.37. The van der Waals surface area contributed by atoms with Crippen LogP contribution in [0.4, 0.5) is 11.4 Å². The first-order valence-corrected chi connectivity index (χ1v) is 12.9. The first kappa shape index (κ1) is 23.1. The number of halogens is 1. The molecule has 4 aromatic rings. The molecular weight excluding hydrogens is 486 g/mol. The quantitative estimate of drug-likeness (QED) is 0.374. The average Bonchev–Trinajstić information content (AvgIpc) is 3.25. The summed E-state index contributed by atoms with van der Waals surface area (Å²) in [6.07, 6.45) is 1.47. The Bertz CT molecular complexity index is 1520. The number of anilines is 2. The molecule has 1 N–H and O–H groups in total. The predicted octanol–water partition coefficient (Wildman–Crippen LogP) is 5.70. The summed E-state index contributed by atoms with van der Waals surface area (Å²) >= 11 is 6.32. The van der Waals surface area contributed by atoms with Gasteiger partial charge >= 0.3 is 0 Å². The van der Waals surface area contributed by atoms with E-state index < -0.39 is 15.9 Å². The SMILES string of the molecule is Cc1onc(-c2ccccc2Cl)c1C(=O)Nc1ccc2c(c1)N(S(=O)(=O)c1ccccc1)CCC2. The second-order valence-corrected chi connectivity index (χ2v) is 10.5. The normalized spacial score (nSPS) is 13.4. The van der Waals surface area contributed by atoms with Gasteiger partial charge in [0.2, 0.25) is 0 Å². The summed E-state index contributed by atoms with van der Waals surface area (Å²) in [6.45, 7) is 2.02. The number of amides is 1. The number of sulfonamides is 1.